The van der Waals surface area contributed by atoms with Crippen molar-refractivity contribution in [3.05, 3.63) is 34.3 Å². The minimum Gasteiger partial charge on any atom is -0.503 e. The second-order valence-electron chi connectivity index (χ2n) is 3.32. The van der Waals surface area contributed by atoms with Crippen LogP contribution in [-0.4, -0.2) is 22.5 Å². The summed E-state index contributed by atoms with van der Waals surface area (Å²) in [7, 11) is 0. The summed E-state index contributed by atoms with van der Waals surface area (Å²) in [5.74, 6) is -0.362. The van der Waals surface area contributed by atoms with Crippen molar-refractivity contribution in [2.45, 2.75) is 13.3 Å². The highest BCUT2D eigenvalue weighted by Gasteiger charge is 1.95. The molecule has 16 heavy (non-hydrogen) atoms. The lowest BCUT2D eigenvalue weighted by Crippen LogP contribution is -2.20. The van der Waals surface area contributed by atoms with Crippen molar-refractivity contribution >= 4 is 12.0 Å². The molecule has 0 atom stereocenters. The van der Waals surface area contributed by atoms with E-state index in [0.29, 0.717) is 18.5 Å². The summed E-state index contributed by atoms with van der Waals surface area (Å²) in [4.78, 5) is 23.8. The Balaban J connectivity index is 2.47. The van der Waals surface area contributed by atoms with Crippen molar-refractivity contribution in [2.75, 3.05) is 6.54 Å². The molecule has 0 aromatic carbocycles. The Morgan fingerprint density at radius 1 is 1.62 bits per heavy atom. The highest BCUT2D eigenvalue weighted by molar-refractivity contribution is 5.72. The number of aromatic amines is 1. The van der Waals surface area contributed by atoms with Gasteiger partial charge in [-0.05, 0) is 18.1 Å². The highest BCUT2D eigenvalue weighted by Crippen LogP contribution is 2.05. The number of H-pyrrole nitrogens is 1. The fourth-order valence-corrected chi connectivity index (χ4v) is 1.14. The molecule has 0 saturated carbocycles. The zero-order valence-electron chi connectivity index (χ0n) is 8.99. The van der Waals surface area contributed by atoms with Crippen LogP contribution in [0.1, 0.15) is 18.9 Å². The van der Waals surface area contributed by atoms with Gasteiger partial charge in [0.1, 0.15) is 0 Å². The number of nitrogens with one attached hydrogen (secondary N) is 2. The first-order valence-corrected chi connectivity index (χ1v) is 4.92. The number of amides is 1. The molecule has 0 unspecified atom stereocenters. The van der Waals surface area contributed by atoms with Gasteiger partial charge in [-0.25, -0.2) is 0 Å². The number of pyridine rings is 1. The van der Waals surface area contributed by atoms with Crippen LogP contribution in [-0.2, 0) is 4.79 Å². The molecule has 5 nitrogen and oxygen atoms in total. The Kier molecular flexibility index (Phi) is 4.32. The zero-order chi connectivity index (χ0) is 12.0. The molecule has 1 aromatic rings. The smallest absolute Gasteiger partial charge is 0.290 e. The molecule has 5 heteroatoms. The Labute approximate surface area is 92.8 Å². The van der Waals surface area contributed by atoms with E-state index in [1.165, 1.54) is 19.2 Å². The van der Waals surface area contributed by atoms with Crippen LogP contribution in [0.2, 0.25) is 0 Å². The van der Waals surface area contributed by atoms with Crippen molar-refractivity contribution < 1.29 is 9.90 Å². The monoisotopic (exact) mass is 222 g/mol. The lowest BCUT2D eigenvalue weighted by molar-refractivity contribution is -0.118. The van der Waals surface area contributed by atoms with Crippen LogP contribution in [0.3, 0.4) is 0 Å². The number of aromatic hydroxyl groups is 1. The quantitative estimate of drug-likeness (QED) is 0.653. The summed E-state index contributed by atoms with van der Waals surface area (Å²) in [6, 6.07) is 1.38. The van der Waals surface area contributed by atoms with Gasteiger partial charge in [0, 0.05) is 19.7 Å². The summed E-state index contributed by atoms with van der Waals surface area (Å²) in [5.41, 5.74) is 0.204. The first kappa shape index (κ1) is 12.0. The maximum atomic E-state index is 10.8. The maximum Gasteiger partial charge on any atom is 0.290 e. The van der Waals surface area contributed by atoms with Crippen LogP contribution in [0.25, 0.3) is 6.08 Å². The Morgan fingerprint density at radius 2 is 2.38 bits per heavy atom. The Hall–Kier alpha value is -2.04. The van der Waals surface area contributed by atoms with Crippen molar-refractivity contribution in [1.82, 2.24) is 10.3 Å². The van der Waals surface area contributed by atoms with E-state index in [9.17, 15) is 9.59 Å². The van der Waals surface area contributed by atoms with Crippen molar-refractivity contribution in [1.29, 1.82) is 0 Å². The molecule has 0 bridgehead atoms. The van der Waals surface area contributed by atoms with Crippen molar-refractivity contribution in [3.8, 4) is 5.75 Å². The summed E-state index contributed by atoms with van der Waals surface area (Å²) in [5, 5.41) is 11.8. The molecule has 0 aliphatic heterocycles. The summed E-state index contributed by atoms with van der Waals surface area (Å²) in [6.45, 7) is 2.03. The average molecular weight is 222 g/mol. The third-order valence-corrected chi connectivity index (χ3v) is 1.90. The third kappa shape index (κ3) is 4.00. The normalized spacial score (nSPS) is 10.6. The molecular formula is C11H14N2O3. The third-order valence-electron chi connectivity index (χ3n) is 1.90. The van der Waals surface area contributed by atoms with E-state index < -0.39 is 5.56 Å². The van der Waals surface area contributed by atoms with E-state index >= 15 is 0 Å². The Bertz CT molecular complexity index is 449. The van der Waals surface area contributed by atoms with Gasteiger partial charge in [0.05, 0.1) is 0 Å². The molecule has 86 valence electrons. The lowest BCUT2D eigenvalue weighted by Gasteiger charge is -1.97. The van der Waals surface area contributed by atoms with Crippen molar-refractivity contribution in [2.24, 2.45) is 0 Å². The topological polar surface area (TPSA) is 82.2 Å². The standard InChI is InChI=1S/C11H14N2O3/c1-8(14)12-5-3-2-4-9-6-10(15)11(16)13-7-9/h2,4,6-7,15H,3,5H2,1H3,(H,12,14)(H,13,16). The van der Waals surface area contributed by atoms with E-state index in [0.717, 1.165) is 0 Å². The molecule has 0 saturated heterocycles. The van der Waals surface area contributed by atoms with Gasteiger partial charge in [0.2, 0.25) is 5.91 Å². The lowest BCUT2D eigenvalue weighted by atomic mass is 10.2. The van der Waals surface area contributed by atoms with E-state index in [4.69, 9.17) is 5.11 Å². The maximum absolute atomic E-state index is 10.8. The first-order chi connectivity index (χ1) is 7.59. The molecule has 0 spiro atoms. The average Bonchev–Trinajstić information content (AvgIpc) is 2.22. The number of rotatable bonds is 4. The van der Waals surface area contributed by atoms with Crippen LogP contribution in [0.4, 0.5) is 0 Å². The van der Waals surface area contributed by atoms with Gasteiger partial charge in [0.25, 0.3) is 5.56 Å². The minimum atomic E-state index is -0.504. The molecule has 3 N–H and O–H groups in total. The molecule has 0 aliphatic carbocycles. The van der Waals surface area contributed by atoms with Gasteiger partial charge in [0.15, 0.2) is 5.75 Å². The number of hydrogen-bond donors (Lipinski definition) is 3. The van der Waals surface area contributed by atoms with Gasteiger partial charge in [-0.3, -0.25) is 9.59 Å². The number of hydrogen-bond acceptors (Lipinski definition) is 3. The molecule has 1 aromatic heterocycles. The molecule has 0 aliphatic rings. The van der Waals surface area contributed by atoms with E-state index in [2.05, 4.69) is 10.3 Å². The van der Waals surface area contributed by atoms with Gasteiger partial charge in [-0.2, -0.15) is 0 Å². The second-order valence-corrected chi connectivity index (χ2v) is 3.32. The number of carbonyl (C=O) groups is 1. The molecule has 1 amide bonds. The van der Waals surface area contributed by atoms with Gasteiger partial charge in [-0.15, -0.1) is 0 Å². The fourth-order valence-electron chi connectivity index (χ4n) is 1.14. The van der Waals surface area contributed by atoms with Crippen LogP contribution in [0.5, 0.6) is 5.75 Å². The van der Waals surface area contributed by atoms with E-state index in [-0.39, 0.29) is 11.7 Å². The highest BCUT2D eigenvalue weighted by atomic mass is 16.3. The number of aromatic nitrogens is 1. The van der Waals surface area contributed by atoms with E-state index in [1.807, 2.05) is 6.08 Å². The second kappa shape index (κ2) is 5.75. The Morgan fingerprint density at radius 3 is 3.00 bits per heavy atom. The first-order valence-electron chi connectivity index (χ1n) is 4.92. The summed E-state index contributed by atoms with van der Waals surface area (Å²) < 4.78 is 0. The van der Waals surface area contributed by atoms with E-state index in [1.54, 1.807) is 6.08 Å². The molecular weight excluding hydrogens is 208 g/mol. The van der Waals surface area contributed by atoms with Crippen molar-refractivity contribution in [3.63, 3.8) is 0 Å². The van der Waals surface area contributed by atoms with Crippen LogP contribution < -0.4 is 10.9 Å². The predicted octanol–water partition coefficient (Wildman–Crippen LogP) is 0.620. The largest absolute Gasteiger partial charge is 0.503 e. The SMILES string of the molecule is CC(=O)NCCC=Cc1c[nH]c(=O)c(O)c1. The minimum absolute atomic E-state index is 0.0601. The van der Waals surface area contributed by atoms with Crippen LogP contribution >= 0.6 is 0 Å². The van der Waals surface area contributed by atoms with Gasteiger partial charge < -0.3 is 15.4 Å². The fraction of sp³-hybridized carbons (Fsp3) is 0.273. The van der Waals surface area contributed by atoms with Gasteiger partial charge >= 0.3 is 0 Å². The number of carbonyl (C=O) groups excluding carboxylic acids is 1. The molecule has 1 heterocycles. The predicted molar refractivity (Wildman–Crippen MR) is 61.1 cm³/mol. The molecule has 0 radical (unpaired) electrons. The molecule has 1 rings (SSSR count). The zero-order valence-corrected chi connectivity index (χ0v) is 8.99. The summed E-state index contributed by atoms with van der Waals surface area (Å²) in [6.07, 6.45) is 5.82. The molecule has 0 fully saturated rings. The summed E-state index contributed by atoms with van der Waals surface area (Å²) >= 11 is 0. The van der Waals surface area contributed by atoms with Gasteiger partial charge in [-0.1, -0.05) is 12.2 Å². The van der Waals surface area contributed by atoms with Crippen LogP contribution in [0.15, 0.2) is 23.1 Å². The van der Waals surface area contributed by atoms with Crippen LogP contribution in [0, 0.1) is 0 Å².